The van der Waals surface area contributed by atoms with Crippen molar-refractivity contribution >= 4 is 21.9 Å². The van der Waals surface area contributed by atoms with E-state index in [-0.39, 0.29) is 5.82 Å². The molecule has 0 fully saturated rings. The molecule has 0 aliphatic carbocycles. The Morgan fingerprint density at radius 2 is 1.78 bits per heavy atom. The van der Waals surface area contributed by atoms with Crippen LogP contribution in [0.15, 0.2) is 53.0 Å². The number of rotatable bonds is 4. The van der Waals surface area contributed by atoms with E-state index in [9.17, 15) is 9.90 Å². The van der Waals surface area contributed by atoms with Gasteiger partial charge in [-0.1, -0.05) is 28.1 Å². The molecule has 3 aromatic rings. The van der Waals surface area contributed by atoms with Crippen LogP contribution in [0.5, 0.6) is 5.75 Å². The van der Waals surface area contributed by atoms with E-state index < -0.39 is 5.97 Å². The molecule has 23 heavy (non-hydrogen) atoms. The van der Waals surface area contributed by atoms with Crippen LogP contribution < -0.4 is 4.74 Å². The summed E-state index contributed by atoms with van der Waals surface area (Å²) in [5.41, 5.74) is 1.47. The highest BCUT2D eigenvalue weighted by molar-refractivity contribution is 9.10. The Balaban J connectivity index is 2.13. The minimum atomic E-state index is -1.17. The highest BCUT2D eigenvalue weighted by atomic mass is 79.9. The molecule has 6 nitrogen and oxygen atoms in total. The van der Waals surface area contributed by atoms with Crippen LogP contribution in [0, 0.1) is 0 Å². The first-order valence-corrected chi connectivity index (χ1v) is 7.48. The summed E-state index contributed by atoms with van der Waals surface area (Å²) in [5.74, 6) is -0.257. The van der Waals surface area contributed by atoms with Crippen molar-refractivity contribution in [3.63, 3.8) is 0 Å². The highest BCUT2D eigenvalue weighted by Gasteiger charge is 2.17. The van der Waals surface area contributed by atoms with Crippen molar-refractivity contribution in [2.24, 2.45) is 0 Å². The predicted molar refractivity (Wildman–Crippen MR) is 88.0 cm³/mol. The van der Waals surface area contributed by atoms with E-state index in [2.05, 4.69) is 26.0 Å². The van der Waals surface area contributed by atoms with Gasteiger partial charge in [-0.2, -0.15) is 0 Å². The van der Waals surface area contributed by atoms with Gasteiger partial charge in [0, 0.05) is 10.0 Å². The third kappa shape index (κ3) is 3.09. The monoisotopic (exact) mass is 373 g/mol. The zero-order valence-corrected chi connectivity index (χ0v) is 13.7. The van der Waals surface area contributed by atoms with Crippen molar-refractivity contribution in [2.75, 3.05) is 7.11 Å². The van der Waals surface area contributed by atoms with Crippen molar-refractivity contribution in [2.45, 2.75) is 0 Å². The van der Waals surface area contributed by atoms with Gasteiger partial charge in [0.15, 0.2) is 5.82 Å². The SMILES string of the molecule is COc1ccc(-n2nc(C(=O)O)nc2-c2ccc(Br)cc2)cc1. The Kier molecular flexibility index (Phi) is 4.12. The molecular formula is C16H12BrN3O3. The third-order valence-corrected chi connectivity index (χ3v) is 3.75. The number of aromatic nitrogens is 3. The van der Waals surface area contributed by atoms with Crippen LogP contribution in [0.4, 0.5) is 0 Å². The van der Waals surface area contributed by atoms with Crippen molar-refractivity contribution in [3.8, 4) is 22.8 Å². The number of methoxy groups -OCH3 is 1. The van der Waals surface area contributed by atoms with E-state index in [1.54, 1.807) is 31.4 Å². The lowest BCUT2D eigenvalue weighted by Gasteiger charge is -2.07. The summed E-state index contributed by atoms with van der Waals surface area (Å²) in [6, 6.07) is 14.6. The lowest BCUT2D eigenvalue weighted by atomic mass is 10.2. The molecule has 116 valence electrons. The summed E-state index contributed by atoms with van der Waals surface area (Å²) in [6.45, 7) is 0. The number of aromatic carboxylic acids is 1. The number of carbonyl (C=O) groups is 1. The Bertz CT molecular complexity index is 842. The molecule has 0 radical (unpaired) electrons. The number of ether oxygens (including phenoxy) is 1. The highest BCUT2D eigenvalue weighted by Crippen LogP contribution is 2.24. The summed E-state index contributed by atoms with van der Waals surface area (Å²) < 4.78 is 7.56. The van der Waals surface area contributed by atoms with Gasteiger partial charge in [0.2, 0.25) is 0 Å². The molecule has 0 amide bonds. The number of nitrogens with zero attached hydrogens (tertiary/aromatic N) is 3. The first-order chi connectivity index (χ1) is 11.1. The van der Waals surface area contributed by atoms with Gasteiger partial charge in [0.05, 0.1) is 12.8 Å². The second-order valence-electron chi connectivity index (χ2n) is 4.68. The molecule has 1 N–H and O–H groups in total. The van der Waals surface area contributed by atoms with Gasteiger partial charge in [-0.15, -0.1) is 5.10 Å². The lowest BCUT2D eigenvalue weighted by molar-refractivity contribution is 0.0683. The van der Waals surface area contributed by atoms with Crippen LogP contribution >= 0.6 is 15.9 Å². The van der Waals surface area contributed by atoms with Crippen LogP contribution in [0.3, 0.4) is 0 Å². The molecule has 2 aromatic carbocycles. The van der Waals surface area contributed by atoms with E-state index >= 15 is 0 Å². The van der Waals surface area contributed by atoms with Crippen molar-refractivity contribution in [1.29, 1.82) is 0 Å². The van der Waals surface area contributed by atoms with E-state index in [1.165, 1.54) is 4.68 Å². The molecule has 0 atom stereocenters. The standard InChI is InChI=1S/C16H12BrN3O3/c1-23-13-8-6-12(7-9-13)20-15(18-14(19-20)16(21)22)10-2-4-11(17)5-3-10/h2-9H,1H3,(H,21,22). The average Bonchev–Trinajstić information content (AvgIpc) is 3.01. The predicted octanol–water partition coefficient (Wildman–Crippen LogP) is 3.40. The molecule has 0 aliphatic heterocycles. The summed E-state index contributed by atoms with van der Waals surface area (Å²) in [6.07, 6.45) is 0. The zero-order chi connectivity index (χ0) is 16.4. The third-order valence-electron chi connectivity index (χ3n) is 3.22. The van der Waals surface area contributed by atoms with Gasteiger partial charge >= 0.3 is 5.97 Å². The molecule has 3 rings (SSSR count). The van der Waals surface area contributed by atoms with Crippen LogP contribution in [-0.4, -0.2) is 33.0 Å². The van der Waals surface area contributed by atoms with Crippen molar-refractivity contribution < 1.29 is 14.6 Å². The normalized spacial score (nSPS) is 10.5. The molecule has 1 aromatic heterocycles. The second kappa shape index (κ2) is 6.21. The summed E-state index contributed by atoms with van der Waals surface area (Å²) >= 11 is 3.37. The molecule has 1 heterocycles. The maximum Gasteiger partial charge on any atom is 0.375 e. The number of carboxylic acid groups (broad SMARTS) is 1. The fourth-order valence-electron chi connectivity index (χ4n) is 2.09. The Hall–Kier alpha value is -2.67. The summed E-state index contributed by atoms with van der Waals surface area (Å²) in [4.78, 5) is 15.4. The average molecular weight is 374 g/mol. The van der Waals surface area contributed by atoms with E-state index in [1.807, 2.05) is 24.3 Å². The molecular weight excluding hydrogens is 362 g/mol. The number of benzene rings is 2. The van der Waals surface area contributed by atoms with Gasteiger partial charge in [0.1, 0.15) is 5.75 Å². The zero-order valence-electron chi connectivity index (χ0n) is 12.1. The molecule has 0 saturated carbocycles. The van der Waals surface area contributed by atoms with Gasteiger partial charge < -0.3 is 9.84 Å². The Morgan fingerprint density at radius 3 is 2.35 bits per heavy atom. The Labute approximate surface area is 140 Å². The molecule has 0 spiro atoms. The number of hydrogen-bond donors (Lipinski definition) is 1. The van der Waals surface area contributed by atoms with Gasteiger partial charge in [-0.25, -0.2) is 14.5 Å². The van der Waals surface area contributed by atoms with Crippen LogP contribution in [-0.2, 0) is 0 Å². The number of carboxylic acids is 1. The fourth-order valence-corrected chi connectivity index (χ4v) is 2.36. The van der Waals surface area contributed by atoms with Gasteiger partial charge in [-0.3, -0.25) is 0 Å². The molecule has 7 heteroatoms. The first-order valence-electron chi connectivity index (χ1n) is 6.69. The quantitative estimate of drug-likeness (QED) is 0.758. The van der Waals surface area contributed by atoms with Crippen LogP contribution in [0.2, 0.25) is 0 Å². The van der Waals surface area contributed by atoms with E-state index in [0.717, 1.165) is 10.0 Å². The fraction of sp³-hybridized carbons (Fsp3) is 0.0625. The van der Waals surface area contributed by atoms with Crippen LogP contribution in [0.25, 0.3) is 17.1 Å². The van der Waals surface area contributed by atoms with E-state index in [4.69, 9.17) is 4.74 Å². The number of hydrogen-bond acceptors (Lipinski definition) is 4. The molecule has 0 aliphatic rings. The topological polar surface area (TPSA) is 77.2 Å². The minimum absolute atomic E-state index is 0.251. The Morgan fingerprint density at radius 1 is 1.13 bits per heavy atom. The maximum absolute atomic E-state index is 11.2. The van der Waals surface area contributed by atoms with Crippen molar-refractivity contribution in [3.05, 3.63) is 58.8 Å². The smallest absolute Gasteiger partial charge is 0.375 e. The minimum Gasteiger partial charge on any atom is -0.497 e. The maximum atomic E-state index is 11.2. The summed E-state index contributed by atoms with van der Waals surface area (Å²) in [7, 11) is 1.58. The molecule has 0 bridgehead atoms. The van der Waals surface area contributed by atoms with Crippen molar-refractivity contribution in [1.82, 2.24) is 14.8 Å². The largest absolute Gasteiger partial charge is 0.497 e. The number of halogens is 1. The lowest BCUT2D eigenvalue weighted by Crippen LogP contribution is -2.02. The first kappa shape index (κ1) is 15.2. The molecule has 0 unspecified atom stereocenters. The van der Waals surface area contributed by atoms with Gasteiger partial charge in [0.25, 0.3) is 5.82 Å². The molecule has 0 saturated heterocycles. The van der Waals surface area contributed by atoms with Crippen LogP contribution in [0.1, 0.15) is 10.6 Å². The van der Waals surface area contributed by atoms with E-state index in [0.29, 0.717) is 17.3 Å². The summed E-state index contributed by atoms with van der Waals surface area (Å²) in [5, 5.41) is 13.3. The van der Waals surface area contributed by atoms with Gasteiger partial charge in [-0.05, 0) is 36.4 Å². The second-order valence-corrected chi connectivity index (χ2v) is 5.60.